The van der Waals surface area contributed by atoms with Gasteiger partial charge in [0.25, 0.3) is 0 Å². The summed E-state index contributed by atoms with van der Waals surface area (Å²) in [6.07, 6.45) is 3.25. The largest absolute Gasteiger partial charge is 0.451 e. The first kappa shape index (κ1) is 9.65. The van der Waals surface area contributed by atoms with Gasteiger partial charge in [-0.15, -0.1) is 0 Å². The molecule has 1 aromatic carbocycles. The van der Waals surface area contributed by atoms with Crippen LogP contribution < -0.4 is 9.47 Å². The highest BCUT2D eigenvalue weighted by Gasteiger charge is 2.27. The van der Waals surface area contributed by atoms with Crippen LogP contribution in [0.5, 0.6) is 11.5 Å². The molecule has 88 valence electrons. The van der Waals surface area contributed by atoms with Gasteiger partial charge < -0.3 is 9.47 Å². The molecule has 0 saturated heterocycles. The Morgan fingerprint density at radius 2 is 1.56 bits per heavy atom. The Bertz CT molecular complexity index is 705. The van der Waals surface area contributed by atoms with Crippen molar-refractivity contribution in [1.29, 1.82) is 0 Å². The summed E-state index contributed by atoms with van der Waals surface area (Å²) in [5.74, 6) is 1.47. The highest BCUT2D eigenvalue weighted by Crippen LogP contribution is 2.45. The first-order chi connectivity index (χ1) is 8.84. The van der Waals surface area contributed by atoms with Crippen molar-refractivity contribution < 1.29 is 9.47 Å². The van der Waals surface area contributed by atoms with Crippen molar-refractivity contribution in [2.24, 2.45) is 0 Å². The van der Waals surface area contributed by atoms with E-state index in [1.54, 1.807) is 12.4 Å². The molecule has 0 bridgehead atoms. The van der Waals surface area contributed by atoms with Gasteiger partial charge in [-0.2, -0.15) is 0 Å². The topological polar surface area (TPSA) is 44.2 Å². The van der Waals surface area contributed by atoms with Crippen LogP contribution in [0.15, 0.2) is 36.7 Å². The predicted molar refractivity (Wildman–Crippen MR) is 67.8 cm³/mol. The number of hydrogen-bond donors (Lipinski definition) is 0. The number of ether oxygens (including phenoxy) is 2. The van der Waals surface area contributed by atoms with Crippen molar-refractivity contribution >= 4 is 21.8 Å². The normalized spacial score (nSPS) is 17.5. The summed E-state index contributed by atoms with van der Waals surface area (Å²) in [4.78, 5) is 8.83. The Kier molecular flexibility index (Phi) is 1.78. The summed E-state index contributed by atoms with van der Waals surface area (Å²) in [6, 6.07) is 7.80. The number of pyridine rings is 2. The maximum absolute atomic E-state index is 5.73. The third-order valence-corrected chi connectivity index (χ3v) is 3.10. The van der Waals surface area contributed by atoms with E-state index < -0.39 is 0 Å². The fourth-order valence-corrected chi connectivity index (χ4v) is 2.39. The van der Waals surface area contributed by atoms with Gasteiger partial charge in [0, 0.05) is 30.1 Å². The molecule has 1 atom stereocenters. The van der Waals surface area contributed by atoms with Crippen molar-refractivity contribution in [3.63, 3.8) is 0 Å². The molecule has 3 aromatic rings. The second kappa shape index (κ2) is 3.32. The van der Waals surface area contributed by atoms with Crippen molar-refractivity contribution in [1.82, 2.24) is 9.97 Å². The zero-order chi connectivity index (χ0) is 12.1. The minimum atomic E-state index is -0.281. The van der Waals surface area contributed by atoms with Gasteiger partial charge in [-0.05, 0) is 24.3 Å². The molecule has 0 amide bonds. The highest BCUT2D eigenvalue weighted by atomic mass is 16.7. The van der Waals surface area contributed by atoms with Crippen LogP contribution in [0.25, 0.3) is 21.8 Å². The Labute approximate surface area is 103 Å². The molecule has 1 aliphatic rings. The Balaban J connectivity index is 2.27. The van der Waals surface area contributed by atoms with Crippen LogP contribution in [0, 0.1) is 0 Å². The zero-order valence-electron chi connectivity index (χ0n) is 9.75. The number of hydrogen-bond acceptors (Lipinski definition) is 4. The van der Waals surface area contributed by atoms with E-state index in [1.165, 1.54) is 0 Å². The zero-order valence-corrected chi connectivity index (χ0v) is 9.75. The van der Waals surface area contributed by atoms with Crippen LogP contribution in [0.2, 0.25) is 0 Å². The molecule has 18 heavy (non-hydrogen) atoms. The molecular formula is C14H10N2O2. The average molecular weight is 238 g/mol. The molecule has 0 aliphatic carbocycles. The fraction of sp³-hybridized carbons (Fsp3) is 0.143. The number of rotatable bonds is 0. The molecule has 0 fully saturated rings. The van der Waals surface area contributed by atoms with Gasteiger partial charge in [0.15, 0.2) is 11.5 Å². The third kappa shape index (κ3) is 1.14. The highest BCUT2D eigenvalue weighted by molar-refractivity contribution is 6.10. The van der Waals surface area contributed by atoms with E-state index >= 15 is 0 Å². The van der Waals surface area contributed by atoms with Crippen LogP contribution in [-0.2, 0) is 0 Å². The molecule has 0 saturated carbocycles. The Morgan fingerprint density at radius 1 is 0.889 bits per heavy atom. The maximum atomic E-state index is 5.73. The summed E-state index contributed by atoms with van der Waals surface area (Å²) >= 11 is 0. The van der Waals surface area contributed by atoms with E-state index in [4.69, 9.17) is 9.47 Å². The molecule has 3 heterocycles. The third-order valence-electron chi connectivity index (χ3n) is 3.10. The van der Waals surface area contributed by atoms with Gasteiger partial charge >= 0.3 is 0 Å². The van der Waals surface area contributed by atoms with Crippen molar-refractivity contribution in [2.45, 2.75) is 13.2 Å². The van der Waals surface area contributed by atoms with Crippen molar-refractivity contribution in [3.8, 4) is 11.5 Å². The van der Waals surface area contributed by atoms with E-state index in [-0.39, 0.29) is 6.29 Å². The SMILES string of the molecule is CC1Oc2c(c3ncccc3c3ncccc23)O1. The summed E-state index contributed by atoms with van der Waals surface area (Å²) in [6.45, 7) is 1.87. The van der Waals surface area contributed by atoms with Crippen molar-refractivity contribution in [3.05, 3.63) is 36.7 Å². The van der Waals surface area contributed by atoms with E-state index in [0.717, 1.165) is 33.3 Å². The summed E-state index contributed by atoms with van der Waals surface area (Å²) in [5, 5.41) is 1.96. The summed E-state index contributed by atoms with van der Waals surface area (Å²) in [5.41, 5.74) is 1.71. The van der Waals surface area contributed by atoms with Gasteiger partial charge in [-0.3, -0.25) is 9.97 Å². The van der Waals surface area contributed by atoms with Gasteiger partial charge in [0.05, 0.1) is 5.52 Å². The first-order valence-corrected chi connectivity index (χ1v) is 5.83. The van der Waals surface area contributed by atoms with Crippen LogP contribution >= 0.6 is 0 Å². The lowest BCUT2D eigenvalue weighted by molar-refractivity contribution is 0.0692. The smallest absolute Gasteiger partial charge is 0.238 e. The number of benzene rings is 1. The summed E-state index contributed by atoms with van der Waals surface area (Å²) < 4.78 is 11.4. The monoisotopic (exact) mass is 238 g/mol. The van der Waals surface area contributed by atoms with Gasteiger partial charge in [0.2, 0.25) is 6.29 Å². The maximum Gasteiger partial charge on any atom is 0.238 e. The quantitative estimate of drug-likeness (QED) is 0.565. The predicted octanol–water partition coefficient (Wildman–Crippen LogP) is 2.90. The molecule has 4 rings (SSSR count). The molecule has 2 aromatic heterocycles. The minimum absolute atomic E-state index is 0.281. The molecule has 1 unspecified atom stereocenters. The van der Waals surface area contributed by atoms with Gasteiger partial charge in [-0.25, -0.2) is 0 Å². The molecule has 4 heteroatoms. The summed E-state index contributed by atoms with van der Waals surface area (Å²) in [7, 11) is 0. The van der Waals surface area contributed by atoms with Crippen molar-refractivity contribution in [2.75, 3.05) is 0 Å². The first-order valence-electron chi connectivity index (χ1n) is 5.83. The second-order valence-corrected chi connectivity index (χ2v) is 4.26. The number of fused-ring (bicyclic) bond motifs is 6. The lowest BCUT2D eigenvalue weighted by Crippen LogP contribution is -2.11. The lowest BCUT2D eigenvalue weighted by atomic mass is 10.1. The van der Waals surface area contributed by atoms with Crippen LogP contribution in [0.1, 0.15) is 6.92 Å². The second-order valence-electron chi connectivity index (χ2n) is 4.26. The fourth-order valence-electron chi connectivity index (χ4n) is 2.39. The van der Waals surface area contributed by atoms with Crippen LogP contribution in [0.3, 0.4) is 0 Å². The van der Waals surface area contributed by atoms with Gasteiger partial charge in [0.1, 0.15) is 5.52 Å². The molecular weight excluding hydrogens is 228 g/mol. The van der Waals surface area contributed by atoms with E-state index in [9.17, 15) is 0 Å². The van der Waals surface area contributed by atoms with E-state index in [2.05, 4.69) is 9.97 Å². The van der Waals surface area contributed by atoms with Gasteiger partial charge in [-0.1, -0.05) is 0 Å². The standard InChI is InChI=1S/C14H10N2O2/c1-8-17-13-10-5-3-6-15-11(10)9-4-2-7-16-12(9)14(13)18-8/h2-8H,1H3. The van der Waals surface area contributed by atoms with E-state index in [0.29, 0.717) is 0 Å². The lowest BCUT2D eigenvalue weighted by Gasteiger charge is -2.06. The minimum Gasteiger partial charge on any atom is -0.451 e. The van der Waals surface area contributed by atoms with E-state index in [1.807, 2.05) is 31.2 Å². The molecule has 0 N–H and O–H groups in total. The molecule has 0 spiro atoms. The van der Waals surface area contributed by atoms with Crippen LogP contribution in [-0.4, -0.2) is 16.3 Å². The molecule has 4 nitrogen and oxygen atoms in total. The Morgan fingerprint density at radius 3 is 2.39 bits per heavy atom. The Hall–Kier alpha value is -2.36. The average Bonchev–Trinajstić information content (AvgIpc) is 2.81. The molecule has 1 aliphatic heterocycles. The number of aromatic nitrogens is 2. The molecule has 0 radical (unpaired) electrons. The van der Waals surface area contributed by atoms with Crippen LogP contribution in [0.4, 0.5) is 0 Å². The number of nitrogens with zero attached hydrogens (tertiary/aromatic N) is 2.